The first-order valence-electron chi connectivity index (χ1n) is 7.71. The Hall–Kier alpha value is -2.82. The van der Waals surface area contributed by atoms with Crippen molar-refractivity contribution in [2.75, 3.05) is 13.7 Å². The Balaban J connectivity index is 2.01. The van der Waals surface area contributed by atoms with Crippen molar-refractivity contribution in [3.63, 3.8) is 0 Å². The zero-order valence-corrected chi connectivity index (χ0v) is 13.8. The number of amides is 1. The summed E-state index contributed by atoms with van der Waals surface area (Å²) in [5, 5.41) is 12.1. The van der Waals surface area contributed by atoms with Crippen LogP contribution in [0.25, 0.3) is 0 Å². The zero-order valence-electron chi connectivity index (χ0n) is 13.8. The van der Waals surface area contributed by atoms with Crippen molar-refractivity contribution in [1.29, 1.82) is 0 Å². The fourth-order valence-electron chi connectivity index (χ4n) is 2.47. The van der Waals surface area contributed by atoms with Crippen LogP contribution in [0.15, 0.2) is 48.5 Å². The molecule has 0 radical (unpaired) electrons. The maximum Gasteiger partial charge on any atom is 0.308 e. The monoisotopic (exact) mass is 327 g/mol. The summed E-state index contributed by atoms with van der Waals surface area (Å²) in [4.78, 5) is 23.7. The van der Waals surface area contributed by atoms with E-state index in [0.29, 0.717) is 17.7 Å². The zero-order chi connectivity index (χ0) is 17.5. The van der Waals surface area contributed by atoms with Gasteiger partial charge in [-0.25, -0.2) is 0 Å². The topological polar surface area (TPSA) is 75.6 Å². The van der Waals surface area contributed by atoms with E-state index in [2.05, 4.69) is 5.32 Å². The Bertz CT molecular complexity index is 713. The predicted octanol–water partition coefficient (Wildman–Crippen LogP) is 2.68. The number of hydrogen-bond acceptors (Lipinski definition) is 3. The molecule has 5 nitrogen and oxygen atoms in total. The van der Waals surface area contributed by atoms with Crippen molar-refractivity contribution in [1.82, 2.24) is 5.32 Å². The highest BCUT2D eigenvalue weighted by Gasteiger charge is 2.20. The SMILES string of the molecule is COc1ccc(C(=O)NCC(Cc2ccccc2)C(=O)O)c(C)c1. The fourth-order valence-corrected chi connectivity index (χ4v) is 2.47. The Morgan fingerprint density at radius 2 is 1.88 bits per heavy atom. The van der Waals surface area contributed by atoms with Crippen LogP contribution in [0.5, 0.6) is 5.75 Å². The van der Waals surface area contributed by atoms with Crippen LogP contribution >= 0.6 is 0 Å². The van der Waals surface area contributed by atoms with E-state index in [9.17, 15) is 14.7 Å². The number of aryl methyl sites for hydroxylation is 1. The molecule has 5 heteroatoms. The van der Waals surface area contributed by atoms with Crippen LogP contribution in [-0.2, 0) is 11.2 Å². The van der Waals surface area contributed by atoms with E-state index in [-0.39, 0.29) is 12.5 Å². The number of hydrogen-bond donors (Lipinski definition) is 2. The summed E-state index contributed by atoms with van der Waals surface area (Å²) in [5.41, 5.74) is 2.22. The van der Waals surface area contributed by atoms with Crippen LogP contribution in [0.4, 0.5) is 0 Å². The second-order valence-electron chi connectivity index (χ2n) is 5.62. The van der Waals surface area contributed by atoms with Crippen molar-refractivity contribution < 1.29 is 19.4 Å². The molecule has 0 bridgehead atoms. The van der Waals surface area contributed by atoms with Crippen molar-refractivity contribution in [3.8, 4) is 5.75 Å². The van der Waals surface area contributed by atoms with Crippen LogP contribution in [-0.4, -0.2) is 30.6 Å². The third kappa shape index (κ3) is 4.59. The van der Waals surface area contributed by atoms with Gasteiger partial charge in [-0.05, 0) is 42.7 Å². The second-order valence-corrected chi connectivity index (χ2v) is 5.62. The summed E-state index contributed by atoms with van der Waals surface area (Å²) in [7, 11) is 1.57. The van der Waals surface area contributed by atoms with Crippen molar-refractivity contribution in [2.45, 2.75) is 13.3 Å². The van der Waals surface area contributed by atoms with Crippen LogP contribution in [0.2, 0.25) is 0 Å². The smallest absolute Gasteiger partial charge is 0.308 e. The number of nitrogens with one attached hydrogen (secondary N) is 1. The van der Waals surface area contributed by atoms with Crippen molar-refractivity contribution in [2.24, 2.45) is 5.92 Å². The lowest BCUT2D eigenvalue weighted by Gasteiger charge is -2.14. The van der Waals surface area contributed by atoms with Gasteiger partial charge >= 0.3 is 5.97 Å². The fraction of sp³-hybridized carbons (Fsp3) is 0.263. The van der Waals surface area contributed by atoms with Gasteiger partial charge in [0.05, 0.1) is 13.0 Å². The lowest BCUT2D eigenvalue weighted by atomic mass is 9.99. The standard InChI is InChI=1S/C19H21NO4/c1-13-10-16(24-2)8-9-17(13)18(21)20-12-15(19(22)23)11-14-6-4-3-5-7-14/h3-10,15H,11-12H2,1-2H3,(H,20,21)(H,22,23). The number of carbonyl (C=O) groups is 2. The molecule has 24 heavy (non-hydrogen) atoms. The van der Waals surface area contributed by atoms with Gasteiger partial charge in [-0.15, -0.1) is 0 Å². The van der Waals surface area contributed by atoms with Crippen LogP contribution in [0, 0.1) is 12.8 Å². The van der Waals surface area contributed by atoms with Gasteiger partial charge in [0.25, 0.3) is 5.91 Å². The molecule has 1 amide bonds. The molecule has 0 aliphatic rings. The summed E-state index contributed by atoms with van der Waals surface area (Å²) in [6.07, 6.45) is 0.373. The molecule has 0 aliphatic carbocycles. The molecule has 2 aromatic rings. The number of carboxylic acids is 1. The Kier molecular flexibility index (Phi) is 5.95. The first kappa shape index (κ1) is 17.5. The van der Waals surface area contributed by atoms with Gasteiger partial charge in [-0.1, -0.05) is 30.3 Å². The second kappa shape index (κ2) is 8.15. The molecule has 0 aromatic heterocycles. The largest absolute Gasteiger partial charge is 0.497 e. The summed E-state index contributed by atoms with van der Waals surface area (Å²) < 4.78 is 5.12. The highest BCUT2D eigenvalue weighted by Crippen LogP contribution is 2.17. The molecule has 0 heterocycles. The van der Waals surface area contributed by atoms with Gasteiger partial charge in [-0.3, -0.25) is 9.59 Å². The van der Waals surface area contributed by atoms with Crippen LogP contribution in [0.1, 0.15) is 21.5 Å². The van der Waals surface area contributed by atoms with Gasteiger partial charge in [0, 0.05) is 12.1 Å². The maximum absolute atomic E-state index is 12.3. The molecule has 126 valence electrons. The highest BCUT2D eigenvalue weighted by molar-refractivity contribution is 5.96. The molecule has 0 spiro atoms. The van der Waals surface area contributed by atoms with E-state index in [1.807, 2.05) is 37.3 Å². The average molecular weight is 327 g/mol. The molecule has 0 aliphatic heterocycles. The quantitative estimate of drug-likeness (QED) is 0.820. The number of methoxy groups -OCH3 is 1. The minimum Gasteiger partial charge on any atom is -0.497 e. The molecular weight excluding hydrogens is 306 g/mol. The molecule has 0 saturated heterocycles. The number of aliphatic carboxylic acids is 1. The normalized spacial score (nSPS) is 11.6. The molecule has 2 rings (SSSR count). The van der Waals surface area contributed by atoms with Gasteiger partial charge in [-0.2, -0.15) is 0 Å². The summed E-state index contributed by atoms with van der Waals surface area (Å²) in [5.74, 6) is -1.20. The van der Waals surface area contributed by atoms with E-state index >= 15 is 0 Å². The summed E-state index contributed by atoms with van der Waals surface area (Å²) in [6, 6.07) is 14.5. The van der Waals surface area contributed by atoms with E-state index in [1.165, 1.54) is 0 Å². The van der Waals surface area contributed by atoms with Crippen molar-refractivity contribution >= 4 is 11.9 Å². The number of carboxylic acid groups (broad SMARTS) is 1. The molecule has 1 atom stereocenters. The maximum atomic E-state index is 12.3. The minimum absolute atomic E-state index is 0.0779. The molecule has 0 saturated carbocycles. The molecule has 1 unspecified atom stereocenters. The Labute approximate surface area is 141 Å². The number of rotatable bonds is 7. The Morgan fingerprint density at radius 1 is 1.17 bits per heavy atom. The van der Waals surface area contributed by atoms with Crippen molar-refractivity contribution in [3.05, 3.63) is 65.2 Å². The third-order valence-corrected chi connectivity index (χ3v) is 3.86. The van der Waals surface area contributed by atoms with Crippen LogP contribution < -0.4 is 10.1 Å². The summed E-state index contributed by atoms with van der Waals surface area (Å²) >= 11 is 0. The first-order chi connectivity index (χ1) is 11.5. The van der Waals surface area contributed by atoms with Gasteiger partial charge in [0.1, 0.15) is 5.75 Å². The summed E-state index contributed by atoms with van der Waals surface area (Å²) in [6.45, 7) is 1.89. The number of ether oxygens (including phenoxy) is 1. The van der Waals surface area contributed by atoms with Gasteiger partial charge < -0.3 is 15.2 Å². The van der Waals surface area contributed by atoms with Crippen LogP contribution in [0.3, 0.4) is 0 Å². The molecule has 0 fully saturated rings. The predicted molar refractivity (Wildman–Crippen MR) is 91.3 cm³/mol. The minimum atomic E-state index is -0.925. The molecule has 2 aromatic carbocycles. The third-order valence-electron chi connectivity index (χ3n) is 3.86. The van der Waals surface area contributed by atoms with Gasteiger partial charge in [0.15, 0.2) is 0 Å². The van der Waals surface area contributed by atoms with E-state index in [4.69, 9.17) is 4.74 Å². The van der Waals surface area contributed by atoms with E-state index in [0.717, 1.165) is 11.1 Å². The average Bonchev–Trinajstić information content (AvgIpc) is 2.58. The molecular formula is C19H21NO4. The number of benzene rings is 2. The number of carbonyl (C=O) groups excluding carboxylic acids is 1. The lowest BCUT2D eigenvalue weighted by molar-refractivity contribution is -0.141. The first-order valence-corrected chi connectivity index (χ1v) is 7.71. The van der Waals surface area contributed by atoms with E-state index in [1.54, 1.807) is 25.3 Å². The highest BCUT2D eigenvalue weighted by atomic mass is 16.5. The molecule has 2 N–H and O–H groups in total. The lowest BCUT2D eigenvalue weighted by Crippen LogP contribution is -2.34. The van der Waals surface area contributed by atoms with E-state index < -0.39 is 11.9 Å². The van der Waals surface area contributed by atoms with Gasteiger partial charge in [0.2, 0.25) is 0 Å². The Morgan fingerprint density at radius 3 is 2.46 bits per heavy atom.